The highest BCUT2D eigenvalue weighted by Gasteiger charge is 2.21. The molecule has 0 aliphatic carbocycles. The number of benzene rings is 1. The van der Waals surface area contributed by atoms with Crippen molar-refractivity contribution in [3.8, 4) is 0 Å². The molecule has 2 atom stereocenters. The Bertz CT molecular complexity index is 423. The fraction of sp³-hybridized carbons (Fsp3) is 0.571. The lowest BCUT2D eigenvalue weighted by atomic mass is 10.1. The zero-order valence-electron chi connectivity index (χ0n) is 11.4. The standard InChI is InChI=1S/C14H20N2O3/c1-11-9-15(10-12(2)19-11)8-7-13-3-5-14(6-4-13)16(17)18/h3-6,11-12H,7-10H2,1-2H3. The molecule has 0 bridgehead atoms. The molecule has 0 spiro atoms. The van der Waals surface area contributed by atoms with E-state index in [1.807, 2.05) is 12.1 Å². The molecule has 0 saturated carbocycles. The van der Waals surface area contributed by atoms with Gasteiger partial charge in [-0.3, -0.25) is 15.0 Å². The van der Waals surface area contributed by atoms with Crippen LogP contribution < -0.4 is 0 Å². The Morgan fingerprint density at radius 1 is 1.26 bits per heavy atom. The van der Waals surface area contributed by atoms with Gasteiger partial charge in [-0.1, -0.05) is 12.1 Å². The number of morpholine rings is 1. The normalized spacial score (nSPS) is 24.3. The largest absolute Gasteiger partial charge is 0.373 e. The summed E-state index contributed by atoms with van der Waals surface area (Å²) >= 11 is 0. The first-order valence-corrected chi connectivity index (χ1v) is 6.65. The summed E-state index contributed by atoms with van der Waals surface area (Å²) < 4.78 is 5.69. The number of ether oxygens (including phenoxy) is 1. The van der Waals surface area contributed by atoms with Gasteiger partial charge < -0.3 is 4.74 Å². The maximum atomic E-state index is 10.6. The fourth-order valence-corrected chi connectivity index (χ4v) is 2.54. The van der Waals surface area contributed by atoms with Gasteiger partial charge >= 0.3 is 0 Å². The van der Waals surface area contributed by atoms with E-state index in [4.69, 9.17) is 4.74 Å². The molecule has 2 unspecified atom stereocenters. The second-order valence-electron chi connectivity index (χ2n) is 5.19. The Morgan fingerprint density at radius 2 is 1.84 bits per heavy atom. The minimum Gasteiger partial charge on any atom is -0.373 e. The zero-order chi connectivity index (χ0) is 13.8. The fourth-order valence-electron chi connectivity index (χ4n) is 2.54. The second kappa shape index (κ2) is 6.12. The molecule has 1 heterocycles. The van der Waals surface area contributed by atoms with Crippen LogP contribution in [0.25, 0.3) is 0 Å². The van der Waals surface area contributed by atoms with Crippen LogP contribution in [0.4, 0.5) is 5.69 Å². The molecule has 5 heteroatoms. The summed E-state index contributed by atoms with van der Waals surface area (Å²) in [7, 11) is 0. The molecule has 0 aromatic heterocycles. The van der Waals surface area contributed by atoms with E-state index in [1.165, 1.54) is 0 Å². The number of hydrogen-bond acceptors (Lipinski definition) is 4. The van der Waals surface area contributed by atoms with Crippen molar-refractivity contribution in [2.75, 3.05) is 19.6 Å². The molecule has 1 aliphatic rings. The van der Waals surface area contributed by atoms with Crippen molar-refractivity contribution >= 4 is 5.69 Å². The lowest BCUT2D eigenvalue weighted by Crippen LogP contribution is -2.46. The smallest absolute Gasteiger partial charge is 0.269 e. The van der Waals surface area contributed by atoms with Crippen molar-refractivity contribution in [2.24, 2.45) is 0 Å². The van der Waals surface area contributed by atoms with E-state index in [2.05, 4.69) is 18.7 Å². The van der Waals surface area contributed by atoms with Crippen molar-refractivity contribution in [1.82, 2.24) is 4.90 Å². The van der Waals surface area contributed by atoms with Crippen LogP contribution in [-0.4, -0.2) is 41.7 Å². The van der Waals surface area contributed by atoms with Gasteiger partial charge in [0.05, 0.1) is 17.1 Å². The molecule has 0 amide bonds. The molecule has 5 nitrogen and oxygen atoms in total. The predicted octanol–water partition coefficient (Wildman–Crippen LogP) is 2.25. The number of nitro groups is 1. The molecule has 0 radical (unpaired) electrons. The molecule has 1 fully saturated rings. The predicted molar refractivity (Wildman–Crippen MR) is 73.2 cm³/mol. The third kappa shape index (κ3) is 4.01. The molecule has 1 aromatic carbocycles. The Labute approximate surface area is 113 Å². The van der Waals surface area contributed by atoms with E-state index >= 15 is 0 Å². The number of rotatable bonds is 4. The molecular weight excluding hydrogens is 244 g/mol. The maximum absolute atomic E-state index is 10.6. The average molecular weight is 264 g/mol. The van der Waals surface area contributed by atoms with Gasteiger partial charge in [0.25, 0.3) is 5.69 Å². The van der Waals surface area contributed by atoms with Crippen molar-refractivity contribution in [1.29, 1.82) is 0 Å². The number of nitrogens with zero attached hydrogens (tertiary/aromatic N) is 2. The van der Waals surface area contributed by atoms with E-state index in [-0.39, 0.29) is 22.8 Å². The minimum atomic E-state index is -0.366. The topological polar surface area (TPSA) is 55.6 Å². The number of hydrogen-bond donors (Lipinski definition) is 0. The Hall–Kier alpha value is -1.46. The highest BCUT2D eigenvalue weighted by atomic mass is 16.6. The Balaban J connectivity index is 1.86. The van der Waals surface area contributed by atoms with Gasteiger partial charge in [0, 0.05) is 31.8 Å². The third-order valence-electron chi connectivity index (χ3n) is 3.36. The first-order valence-electron chi connectivity index (χ1n) is 6.65. The Morgan fingerprint density at radius 3 is 2.37 bits per heavy atom. The first kappa shape index (κ1) is 14.0. The van der Waals surface area contributed by atoms with E-state index in [0.717, 1.165) is 31.6 Å². The van der Waals surface area contributed by atoms with Crippen LogP contribution in [0, 0.1) is 10.1 Å². The summed E-state index contributed by atoms with van der Waals surface area (Å²) in [5.41, 5.74) is 1.29. The van der Waals surface area contributed by atoms with Crippen LogP contribution >= 0.6 is 0 Å². The van der Waals surface area contributed by atoms with Crippen LogP contribution in [0.1, 0.15) is 19.4 Å². The van der Waals surface area contributed by atoms with Gasteiger partial charge in [-0.25, -0.2) is 0 Å². The van der Waals surface area contributed by atoms with Gasteiger partial charge in [0.15, 0.2) is 0 Å². The van der Waals surface area contributed by atoms with Crippen LogP contribution in [0.5, 0.6) is 0 Å². The number of nitro benzene ring substituents is 1. The molecule has 1 aliphatic heterocycles. The first-order chi connectivity index (χ1) is 9.04. The summed E-state index contributed by atoms with van der Waals surface area (Å²) in [6.45, 7) is 7.06. The summed E-state index contributed by atoms with van der Waals surface area (Å²) in [5, 5.41) is 10.6. The summed E-state index contributed by atoms with van der Waals surface area (Å²) in [6, 6.07) is 6.82. The van der Waals surface area contributed by atoms with Gasteiger partial charge in [-0.15, -0.1) is 0 Å². The van der Waals surface area contributed by atoms with E-state index in [0.29, 0.717) is 0 Å². The van der Waals surface area contributed by atoms with Crippen molar-refractivity contribution in [2.45, 2.75) is 32.5 Å². The molecule has 2 rings (SSSR count). The van der Waals surface area contributed by atoms with Crippen molar-refractivity contribution in [3.63, 3.8) is 0 Å². The van der Waals surface area contributed by atoms with Crippen LogP contribution in [0.3, 0.4) is 0 Å². The van der Waals surface area contributed by atoms with Crippen LogP contribution in [0.2, 0.25) is 0 Å². The lowest BCUT2D eigenvalue weighted by molar-refractivity contribution is -0.384. The second-order valence-corrected chi connectivity index (χ2v) is 5.19. The zero-order valence-corrected chi connectivity index (χ0v) is 11.4. The molecule has 0 N–H and O–H groups in total. The summed E-state index contributed by atoms with van der Waals surface area (Å²) in [4.78, 5) is 12.6. The van der Waals surface area contributed by atoms with E-state index in [1.54, 1.807) is 12.1 Å². The highest BCUT2D eigenvalue weighted by Crippen LogP contribution is 2.14. The van der Waals surface area contributed by atoms with E-state index in [9.17, 15) is 10.1 Å². The summed E-state index contributed by atoms with van der Waals surface area (Å²) in [5.74, 6) is 0. The van der Waals surface area contributed by atoms with Crippen LogP contribution in [0.15, 0.2) is 24.3 Å². The quantitative estimate of drug-likeness (QED) is 0.618. The SMILES string of the molecule is CC1CN(CCc2ccc([N+](=O)[O-])cc2)CC(C)O1. The molecule has 1 saturated heterocycles. The van der Waals surface area contributed by atoms with Gasteiger partial charge in [-0.05, 0) is 25.8 Å². The maximum Gasteiger partial charge on any atom is 0.269 e. The minimum absolute atomic E-state index is 0.150. The lowest BCUT2D eigenvalue weighted by Gasteiger charge is -2.35. The van der Waals surface area contributed by atoms with E-state index < -0.39 is 0 Å². The molecule has 104 valence electrons. The average Bonchev–Trinajstić information content (AvgIpc) is 2.36. The van der Waals surface area contributed by atoms with Gasteiger partial charge in [0.1, 0.15) is 0 Å². The Kier molecular flexibility index (Phi) is 4.50. The van der Waals surface area contributed by atoms with Gasteiger partial charge in [0.2, 0.25) is 0 Å². The molecule has 19 heavy (non-hydrogen) atoms. The van der Waals surface area contributed by atoms with Crippen molar-refractivity contribution < 1.29 is 9.66 Å². The van der Waals surface area contributed by atoms with Gasteiger partial charge in [-0.2, -0.15) is 0 Å². The number of non-ortho nitro benzene ring substituents is 1. The molecular formula is C14H20N2O3. The third-order valence-corrected chi connectivity index (χ3v) is 3.36. The molecule has 1 aromatic rings. The monoisotopic (exact) mass is 264 g/mol. The summed E-state index contributed by atoms with van der Waals surface area (Å²) in [6.07, 6.45) is 1.47. The van der Waals surface area contributed by atoms with Crippen molar-refractivity contribution in [3.05, 3.63) is 39.9 Å². The highest BCUT2D eigenvalue weighted by molar-refractivity contribution is 5.32. The van der Waals surface area contributed by atoms with Crippen LogP contribution in [-0.2, 0) is 11.2 Å².